The van der Waals surface area contributed by atoms with E-state index >= 15 is 0 Å². The van der Waals surface area contributed by atoms with Crippen LogP contribution >= 0.6 is 0 Å². The van der Waals surface area contributed by atoms with E-state index in [1.807, 2.05) is 0 Å². The smallest absolute Gasteiger partial charge is 0.328 e. The van der Waals surface area contributed by atoms with Crippen molar-refractivity contribution in [2.24, 2.45) is 28.4 Å². The zero-order chi connectivity index (χ0) is 20.7. The highest BCUT2D eigenvalue weighted by atomic mass is 16.2. The Morgan fingerprint density at radius 3 is 2.32 bits per heavy atom. The minimum atomic E-state index is 0.311. The number of urea groups is 1. The van der Waals surface area contributed by atoms with Crippen molar-refractivity contribution >= 4 is 6.03 Å². The topological polar surface area (TPSA) is 46.3 Å². The third-order valence-corrected chi connectivity index (χ3v) is 8.04. The van der Waals surface area contributed by atoms with E-state index in [1.165, 1.54) is 57.8 Å². The molecule has 4 nitrogen and oxygen atoms in total. The van der Waals surface area contributed by atoms with Crippen LogP contribution in [0.2, 0.25) is 0 Å². The molecular weight excluding hydrogens is 346 g/mol. The first-order valence-electron chi connectivity index (χ1n) is 11.8. The van der Waals surface area contributed by atoms with Gasteiger partial charge in [-0.25, -0.2) is 9.28 Å². The molecule has 1 heterocycles. The number of nitrogens with two attached hydrogens (primary N) is 1. The molecule has 2 atom stereocenters. The standard InChI is InChI=1S/C24H46N3O/c1-23(2,3)15-19-13-21(14-19)26(5)22(28)27(6)12-11-24(4,17-27)16-18-7-9-20(25)10-8-18/h18-21H,7-17,25H2,1-6H3/q+1. The van der Waals surface area contributed by atoms with Gasteiger partial charge in [0.05, 0.1) is 20.1 Å². The normalized spacial score (nSPS) is 41.5. The Bertz CT molecular complexity index is 557. The summed E-state index contributed by atoms with van der Waals surface area (Å²) >= 11 is 0. The van der Waals surface area contributed by atoms with E-state index in [0.717, 1.165) is 24.9 Å². The Morgan fingerprint density at radius 1 is 1.14 bits per heavy atom. The number of likely N-dealkylation sites (tertiary alicyclic amines) is 1. The lowest BCUT2D eigenvalue weighted by Crippen LogP contribution is -2.58. The molecule has 1 saturated heterocycles. The summed E-state index contributed by atoms with van der Waals surface area (Å²) < 4.78 is 0.611. The van der Waals surface area contributed by atoms with Crippen LogP contribution in [0.25, 0.3) is 0 Å². The first-order chi connectivity index (χ1) is 12.9. The minimum Gasteiger partial charge on any atom is -0.328 e. The number of nitrogens with zero attached hydrogens (tertiary/aromatic N) is 2. The molecule has 2 aliphatic carbocycles. The van der Waals surface area contributed by atoms with Gasteiger partial charge in [-0.05, 0) is 68.6 Å². The van der Waals surface area contributed by atoms with Crippen molar-refractivity contribution < 1.29 is 9.28 Å². The molecule has 2 saturated carbocycles. The zero-order valence-corrected chi connectivity index (χ0v) is 19.5. The highest BCUT2D eigenvalue weighted by Gasteiger charge is 2.51. The van der Waals surface area contributed by atoms with Crippen molar-refractivity contribution in [1.29, 1.82) is 0 Å². The summed E-state index contributed by atoms with van der Waals surface area (Å²) in [5, 5.41) is 0. The van der Waals surface area contributed by atoms with E-state index in [2.05, 4.69) is 46.7 Å². The molecule has 162 valence electrons. The second kappa shape index (κ2) is 7.91. The van der Waals surface area contributed by atoms with E-state index in [9.17, 15) is 4.79 Å². The average molecular weight is 393 g/mol. The highest BCUT2D eigenvalue weighted by molar-refractivity contribution is 5.67. The lowest BCUT2D eigenvalue weighted by molar-refractivity contribution is -0.824. The quantitative estimate of drug-likeness (QED) is 0.683. The van der Waals surface area contributed by atoms with E-state index in [-0.39, 0.29) is 0 Å². The maximum absolute atomic E-state index is 13.4. The van der Waals surface area contributed by atoms with Crippen LogP contribution in [0.3, 0.4) is 0 Å². The van der Waals surface area contributed by atoms with E-state index < -0.39 is 0 Å². The monoisotopic (exact) mass is 392 g/mol. The van der Waals surface area contributed by atoms with Crippen LogP contribution in [0, 0.1) is 22.7 Å². The van der Waals surface area contributed by atoms with Gasteiger partial charge in [0.25, 0.3) is 0 Å². The lowest BCUT2D eigenvalue weighted by Gasteiger charge is -2.45. The number of carbonyl (C=O) groups is 1. The molecule has 4 heteroatoms. The third kappa shape index (κ3) is 5.11. The first-order valence-corrected chi connectivity index (χ1v) is 11.8. The number of carbonyl (C=O) groups excluding carboxylic acids is 1. The van der Waals surface area contributed by atoms with Gasteiger partial charge in [0, 0.05) is 31.0 Å². The second-order valence-electron chi connectivity index (χ2n) is 12.5. The van der Waals surface area contributed by atoms with Crippen LogP contribution in [-0.2, 0) is 0 Å². The first kappa shape index (κ1) is 22.1. The van der Waals surface area contributed by atoms with Crippen molar-refractivity contribution in [3.8, 4) is 0 Å². The number of hydrogen-bond donors (Lipinski definition) is 1. The van der Waals surface area contributed by atoms with Crippen LogP contribution in [0.5, 0.6) is 0 Å². The van der Waals surface area contributed by atoms with Gasteiger partial charge in [-0.2, -0.15) is 0 Å². The molecule has 28 heavy (non-hydrogen) atoms. The highest BCUT2D eigenvalue weighted by Crippen LogP contribution is 2.44. The molecule has 0 bridgehead atoms. The van der Waals surface area contributed by atoms with E-state index in [1.54, 1.807) is 0 Å². The molecular formula is C24H46N3O+. The van der Waals surface area contributed by atoms with Crippen LogP contribution in [0.4, 0.5) is 4.79 Å². The van der Waals surface area contributed by atoms with Crippen molar-refractivity contribution in [1.82, 2.24) is 4.90 Å². The minimum absolute atomic E-state index is 0.311. The second-order valence-corrected chi connectivity index (χ2v) is 12.5. The molecule has 2 amide bonds. The molecule has 0 radical (unpaired) electrons. The molecule has 0 aromatic carbocycles. The summed E-state index contributed by atoms with van der Waals surface area (Å²) in [7, 11) is 4.24. The van der Waals surface area contributed by atoms with Crippen LogP contribution in [0.1, 0.15) is 85.5 Å². The van der Waals surface area contributed by atoms with Crippen molar-refractivity contribution in [3.05, 3.63) is 0 Å². The largest absolute Gasteiger partial charge is 0.418 e. The summed E-state index contributed by atoms with van der Waals surface area (Å²) in [5.41, 5.74) is 6.80. The Kier molecular flexibility index (Phi) is 6.23. The number of amides is 2. The summed E-state index contributed by atoms with van der Waals surface area (Å²) in [6.07, 6.45) is 11.1. The Balaban J connectivity index is 1.51. The molecule has 2 N–H and O–H groups in total. The number of rotatable bonds is 4. The predicted molar refractivity (Wildman–Crippen MR) is 117 cm³/mol. The van der Waals surface area contributed by atoms with Crippen LogP contribution in [-0.4, -0.2) is 54.7 Å². The molecule has 1 aliphatic heterocycles. The predicted octanol–water partition coefficient (Wildman–Crippen LogP) is 5.02. The molecule has 0 spiro atoms. The zero-order valence-electron chi connectivity index (χ0n) is 19.5. The summed E-state index contributed by atoms with van der Waals surface area (Å²) in [6, 6.07) is 1.24. The molecule has 0 aromatic heterocycles. The Labute approximate surface area is 173 Å². The molecule has 3 rings (SSSR count). The van der Waals surface area contributed by atoms with Crippen LogP contribution in [0.15, 0.2) is 0 Å². The SMILES string of the molecule is CN(C(=O)[N+]1(C)CCC(C)(CC2CCC(N)CC2)C1)C1CC(CC(C)(C)C)C1. The van der Waals surface area contributed by atoms with E-state index in [0.29, 0.717) is 33.4 Å². The summed E-state index contributed by atoms with van der Waals surface area (Å²) in [5.74, 6) is 1.61. The summed E-state index contributed by atoms with van der Waals surface area (Å²) in [6.45, 7) is 11.4. The van der Waals surface area contributed by atoms with Gasteiger partial charge < -0.3 is 5.73 Å². The lowest BCUT2D eigenvalue weighted by atomic mass is 9.71. The maximum Gasteiger partial charge on any atom is 0.418 e. The van der Waals surface area contributed by atoms with Gasteiger partial charge in [0.15, 0.2) is 0 Å². The van der Waals surface area contributed by atoms with Crippen molar-refractivity contribution in [3.63, 3.8) is 0 Å². The molecule has 2 unspecified atom stereocenters. The molecule has 3 aliphatic rings. The fourth-order valence-electron chi connectivity index (χ4n) is 6.52. The fourth-order valence-corrected chi connectivity index (χ4v) is 6.52. The number of hydrogen-bond acceptors (Lipinski definition) is 2. The van der Waals surface area contributed by atoms with Gasteiger partial charge in [-0.15, -0.1) is 0 Å². The fraction of sp³-hybridized carbons (Fsp3) is 0.958. The van der Waals surface area contributed by atoms with Gasteiger partial charge in [-0.3, -0.25) is 4.90 Å². The van der Waals surface area contributed by atoms with Gasteiger partial charge in [0.2, 0.25) is 0 Å². The Hall–Kier alpha value is -0.610. The van der Waals surface area contributed by atoms with Crippen LogP contribution < -0.4 is 5.73 Å². The van der Waals surface area contributed by atoms with Gasteiger partial charge in [-0.1, -0.05) is 27.7 Å². The van der Waals surface area contributed by atoms with Crippen molar-refractivity contribution in [2.45, 2.75) is 97.6 Å². The molecule has 0 aromatic rings. The summed E-state index contributed by atoms with van der Waals surface area (Å²) in [4.78, 5) is 15.5. The average Bonchev–Trinajstić information content (AvgIpc) is 2.87. The Morgan fingerprint density at radius 2 is 1.75 bits per heavy atom. The maximum atomic E-state index is 13.4. The molecule has 3 fully saturated rings. The van der Waals surface area contributed by atoms with E-state index in [4.69, 9.17) is 5.73 Å². The van der Waals surface area contributed by atoms with Gasteiger partial charge in [0.1, 0.15) is 0 Å². The van der Waals surface area contributed by atoms with Gasteiger partial charge >= 0.3 is 6.03 Å². The van der Waals surface area contributed by atoms with Crippen molar-refractivity contribution in [2.75, 3.05) is 27.2 Å². The third-order valence-electron chi connectivity index (χ3n) is 8.04. The number of quaternary nitrogens is 1.